The van der Waals surface area contributed by atoms with Gasteiger partial charge in [0.25, 0.3) is 0 Å². The van der Waals surface area contributed by atoms with Crippen LogP contribution in [0.3, 0.4) is 0 Å². The van der Waals surface area contributed by atoms with Gasteiger partial charge >= 0.3 is 0 Å². The molecule has 0 radical (unpaired) electrons. The van der Waals surface area contributed by atoms with E-state index in [2.05, 4.69) is 13.0 Å². The minimum atomic E-state index is -0.226. The summed E-state index contributed by atoms with van der Waals surface area (Å²) in [6.45, 7) is 2.05. The van der Waals surface area contributed by atoms with Crippen molar-refractivity contribution in [1.82, 2.24) is 0 Å². The molecule has 1 heterocycles. The van der Waals surface area contributed by atoms with Crippen LogP contribution in [-0.2, 0) is 0 Å². The number of nitrogens with two attached hydrogens (primary N) is 1. The molecule has 3 aromatic rings. The average Bonchev–Trinajstić information content (AvgIpc) is 2.89. The maximum atomic E-state index is 12.9. The first-order valence-electron chi connectivity index (χ1n) is 6.76. The molecule has 2 aromatic carbocycles. The molecule has 108 valence electrons. The monoisotopic (exact) mass is 301 g/mol. The largest absolute Gasteiger partial charge is 0.459 e. The second kappa shape index (κ2) is 5.92. The Morgan fingerprint density at radius 3 is 2.67 bits per heavy atom. The molecule has 0 bridgehead atoms. The summed E-state index contributed by atoms with van der Waals surface area (Å²) in [6.07, 6.45) is 0. The first kappa shape index (κ1) is 14.2. The lowest BCUT2D eigenvalue weighted by Gasteiger charge is -2.08. The van der Waals surface area contributed by atoms with E-state index >= 15 is 0 Å². The molecule has 0 amide bonds. The van der Waals surface area contributed by atoms with Crippen LogP contribution in [0.5, 0.6) is 0 Å². The molecule has 0 saturated heterocycles. The van der Waals surface area contributed by atoms with Crippen LogP contribution < -0.4 is 5.73 Å². The number of fused-ring (bicyclic) bond motifs is 1. The highest BCUT2D eigenvalue weighted by Crippen LogP contribution is 2.28. The zero-order valence-electron chi connectivity index (χ0n) is 11.7. The quantitative estimate of drug-likeness (QED) is 0.712. The van der Waals surface area contributed by atoms with Crippen LogP contribution in [0.4, 0.5) is 4.39 Å². The van der Waals surface area contributed by atoms with Crippen molar-refractivity contribution in [2.45, 2.75) is 17.9 Å². The van der Waals surface area contributed by atoms with E-state index in [-0.39, 0.29) is 11.9 Å². The Kier molecular flexibility index (Phi) is 3.99. The van der Waals surface area contributed by atoms with Crippen LogP contribution in [0.25, 0.3) is 11.0 Å². The van der Waals surface area contributed by atoms with Gasteiger partial charge in [-0.3, -0.25) is 0 Å². The molecule has 0 fully saturated rings. The van der Waals surface area contributed by atoms with Crippen LogP contribution in [0.1, 0.15) is 17.4 Å². The highest BCUT2D eigenvalue weighted by Gasteiger charge is 2.12. The van der Waals surface area contributed by atoms with E-state index in [0.717, 1.165) is 21.6 Å². The van der Waals surface area contributed by atoms with Crippen LogP contribution in [0.15, 0.2) is 57.8 Å². The molecule has 0 spiro atoms. The lowest BCUT2D eigenvalue weighted by atomic mass is 10.2. The zero-order chi connectivity index (χ0) is 14.8. The van der Waals surface area contributed by atoms with E-state index in [9.17, 15) is 4.39 Å². The van der Waals surface area contributed by atoms with E-state index in [1.54, 1.807) is 23.9 Å². The molecule has 2 nitrogen and oxygen atoms in total. The number of hydrogen-bond donors (Lipinski definition) is 1. The molecule has 0 aliphatic carbocycles. The molecule has 0 aliphatic rings. The van der Waals surface area contributed by atoms with Gasteiger partial charge in [-0.15, -0.1) is 11.8 Å². The van der Waals surface area contributed by atoms with Crippen molar-refractivity contribution < 1.29 is 8.81 Å². The maximum Gasteiger partial charge on any atom is 0.134 e. The van der Waals surface area contributed by atoms with Gasteiger partial charge in [0.2, 0.25) is 0 Å². The van der Waals surface area contributed by atoms with E-state index in [1.165, 1.54) is 17.7 Å². The van der Waals surface area contributed by atoms with Crippen LogP contribution in [0.2, 0.25) is 0 Å². The molecule has 1 atom stereocenters. The number of rotatable bonds is 4. The predicted molar refractivity (Wildman–Crippen MR) is 85.0 cm³/mol. The Morgan fingerprint density at radius 1 is 1.14 bits per heavy atom. The molecule has 1 unspecified atom stereocenters. The zero-order valence-corrected chi connectivity index (χ0v) is 12.5. The van der Waals surface area contributed by atoms with Crippen LogP contribution in [-0.4, -0.2) is 5.75 Å². The maximum absolute atomic E-state index is 12.9. The molecule has 0 saturated carbocycles. The summed E-state index contributed by atoms with van der Waals surface area (Å²) in [4.78, 5) is 0.999. The fourth-order valence-electron chi connectivity index (χ4n) is 2.17. The molecule has 0 aliphatic heterocycles. The smallest absolute Gasteiger partial charge is 0.134 e. The second-order valence-electron chi connectivity index (χ2n) is 5.06. The van der Waals surface area contributed by atoms with Gasteiger partial charge in [-0.05, 0) is 49.4 Å². The van der Waals surface area contributed by atoms with Crippen molar-refractivity contribution in [3.8, 4) is 0 Å². The highest BCUT2D eigenvalue weighted by molar-refractivity contribution is 7.99. The number of thioether (sulfide) groups is 1. The topological polar surface area (TPSA) is 39.2 Å². The normalized spacial score (nSPS) is 12.7. The second-order valence-corrected chi connectivity index (χ2v) is 6.15. The summed E-state index contributed by atoms with van der Waals surface area (Å²) in [5.41, 5.74) is 8.24. The van der Waals surface area contributed by atoms with Crippen LogP contribution in [0, 0.1) is 12.7 Å². The van der Waals surface area contributed by atoms with Gasteiger partial charge in [0.15, 0.2) is 0 Å². The summed E-state index contributed by atoms with van der Waals surface area (Å²) in [5.74, 6) is 1.24. The standard InChI is InChI=1S/C17H16FNOS/c1-11-2-7-16-12(8-11)9-17(20-16)15(19)10-21-14-5-3-13(18)4-6-14/h2-9,15H,10,19H2,1H3. The van der Waals surface area contributed by atoms with E-state index in [1.807, 2.05) is 18.2 Å². The third-order valence-electron chi connectivity index (χ3n) is 3.30. The van der Waals surface area contributed by atoms with Crippen molar-refractivity contribution in [2.24, 2.45) is 5.73 Å². The Labute approximate surface area is 127 Å². The lowest BCUT2D eigenvalue weighted by Crippen LogP contribution is -2.11. The van der Waals surface area contributed by atoms with Crippen molar-refractivity contribution in [3.05, 3.63) is 65.7 Å². The molecule has 3 rings (SSSR count). The van der Waals surface area contributed by atoms with Gasteiger partial charge in [0, 0.05) is 16.0 Å². The Bertz CT molecular complexity index is 751. The summed E-state index contributed by atoms with van der Waals surface area (Å²) < 4.78 is 18.6. The Balaban J connectivity index is 1.71. The van der Waals surface area contributed by atoms with E-state index < -0.39 is 0 Å². The van der Waals surface area contributed by atoms with Gasteiger partial charge < -0.3 is 10.2 Å². The fourth-order valence-corrected chi connectivity index (χ4v) is 3.03. The third kappa shape index (κ3) is 3.28. The number of hydrogen-bond acceptors (Lipinski definition) is 3. The third-order valence-corrected chi connectivity index (χ3v) is 4.43. The first-order valence-corrected chi connectivity index (χ1v) is 7.74. The first-order chi connectivity index (χ1) is 10.1. The minimum Gasteiger partial charge on any atom is -0.459 e. The Hall–Kier alpha value is -1.78. The number of aryl methyl sites for hydroxylation is 1. The van der Waals surface area contributed by atoms with Gasteiger partial charge in [-0.1, -0.05) is 11.6 Å². The summed E-state index contributed by atoms with van der Waals surface area (Å²) in [5, 5.41) is 1.08. The van der Waals surface area contributed by atoms with Gasteiger partial charge in [-0.25, -0.2) is 4.39 Å². The highest BCUT2D eigenvalue weighted by atomic mass is 32.2. The number of furan rings is 1. The van der Waals surface area contributed by atoms with E-state index in [4.69, 9.17) is 10.2 Å². The molecule has 1 aromatic heterocycles. The molecule has 21 heavy (non-hydrogen) atoms. The Morgan fingerprint density at radius 2 is 1.90 bits per heavy atom. The van der Waals surface area contributed by atoms with Crippen molar-refractivity contribution >= 4 is 22.7 Å². The lowest BCUT2D eigenvalue weighted by molar-refractivity contribution is 0.516. The summed E-state index contributed by atoms with van der Waals surface area (Å²) in [6, 6.07) is 14.3. The SMILES string of the molecule is Cc1ccc2oc(C(N)CSc3ccc(F)cc3)cc2c1. The molecular formula is C17H16FNOS. The molecular weight excluding hydrogens is 285 g/mol. The number of benzene rings is 2. The van der Waals surface area contributed by atoms with Gasteiger partial charge in [-0.2, -0.15) is 0 Å². The minimum absolute atomic E-state index is 0.187. The fraction of sp³-hybridized carbons (Fsp3) is 0.176. The number of halogens is 1. The summed E-state index contributed by atoms with van der Waals surface area (Å²) >= 11 is 1.59. The average molecular weight is 301 g/mol. The molecule has 2 N–H and O–H groups in total. The van der Waals surface area contributed by atoms with Crippen molar-refractivity contribution in [3.63, 3.8) is 0 Å². The van der Waals surface area contributed by atoms with Crippen molar-refractivity contribution in [1.29, 1.82) is 0 Å². The van der Waals surface area contributed by atoms with Crippen LogP contribution >= 0.6 is 11.8 Å². The summed E-state index contributed by atoms with van der Waals surface area (Å²) in [7, 11) is 0. The van der Waals surface area contributed by atoms with Gasteiger partial charge in [0.05, 0.1) is 6.04 Å². The molecule has 4 heteroatoms. The van der Waals surface area contributed by atoms with Gasteiger partial charge in [0.1, 0.15) is 17.2 Å². The van der Waals surface area contributed by atoms with E-state index in [0.29, 0.717) is 5.75 Å². The van der Waals surface area contributed by atoms with Crippen molar-refractivity contribution in [2.75, 3.05) is 5.75 Å². The predicted octanol–water partition coefficient (Wildman–Crippen LogP) is 4.67.